The molecule has 0 aromatic heterocycles. The van der Waals surface area contributed by atoms with Gasteiger partial charge in [-0.25, -0.2) is 0 Å². The number of rotatable bonds is 7. The average Bonchev–Trinajstić information content (AvgIpc) is 3.30. The molecule has 3 unspecified atom stereocenters. The zero-order valence-electron chi connectivity index (χ0n) is 14.2. The van der Waals surface area contributed by atoms with Crippen molar-refractivity contribution in [3.63, 3.8) is 0 Å². The molecule has 1 saturated carbocycles. The maximum atomic E-state index is 9.52. The molecule has 4 heteroatoms. The minimum Gasteiger partial charge on any atom is -0.298 e. The lowest BCUT2D eigenvalue weighted by Gasteiger charge is -2.42. The molecule has 0 spiro atoms. The first-order chi connectivity index (χ1) is 9.97. The number of hydrogen-bond donors (Lipinski definition) is 1. The van der Waals surface area contributed by atoms with Crippen molar-refractivity contribution in [3.05, 3.63) is 0 Å². The fourth-order valence-electron chi connectivity index (χ4n) is 3.41. The van der Waals surface area contributed by atoms with Crippen molar-refractivity contribution < 1.29 is 0 Å². The second-order valence-electron chi connectivity index (χ2n) is 7.24. The van der Waals surface area contributed by atoms with Crippen LogP contribution in [0.1, 0.15) is 53.4 Å². The number of hydrogen-bond acceptors (Lipinski definition) is 4. The van der Waals surface area contributed by atoms with Crippen molar-refractivity contribution >= 4 is 0 Å². The van der Waals surface area contributed by atoms with E-state index in [0.29, 0.717) is 18.1 Å². The van der Waals surface area contributed by atoms with Crippen LogP contribution >= 0.6 is 0 Å². The summed E-state index contributed by atoms with van der Waals surface area (Å²) in [6.07, 6.45) is 4.62. The third-order valence-electron chi connectivity index (χ3n) is 5.24. The maximum absolute atomic E-state index is 9.52. The Morgan fingerprint density at radius 1 is 1.14 bits per heavy atom. The molecule has 1 aliphatic heterocycles. The molecule has 0 aromatic rings. The summed E-state index contributed by atoms with van der Waals surface area (Å²) in [7, 11) is 0. The molecule has 2 aliphatic rings. The van der Waals surface area contributed by atoms with Crippen molar-refractivity contribution in [3.8, 4) is 6.07 Å². The van der Waals surface area contributed by atoms with Crippen LogP contribution in [0.25, 0.3) is 0 Å². The molecular weight excluding hydrogens is 260 g/mol. The summed E-state index contributed by atoms with van der Waals surface area (Å²) in [4.78, 5) is 5.15. The molecule has 21 heavy (non-hydrogen) atoms. The molecule has 0 amide bonds. The first-order valence-electron chi connectivity index (χ1n) is 8.64. The lowest BCUT2D eigenvalue weighted by molar-refractivity contribution is 0.0688. The molecule has 2 fully saturated rings. The number of nitrogens with one attached hydrogen (secondary N) is 1. The summed E-state index contributed by atoms with van der Waals surface area (Å²) in [6.45, 7) is 13.5. The first kappa shape index (κ1) is 16.7. The molecule has 2 rings (SSSR count). The third kappa shape index (κ3) is 4.67. The quantitative estimate of drug-likeness (QED) is 0.781. The van der Waals surface area contributed by atoms with Gasteiger partial charge in [-0.1, -0.05) is 6.92 Å². The predicted octanol–water partition coefficient (Wildman–Crippen LogP) is 2.22. The number of piperazine rings is 1. The summed E-state index contributed by atoms with van der Waals surface area (Å²) in [5, 5.41) is 13.0. The molecule has 3 atom stereocenters. The van der Waals surface area contributed by atoms with Gasteiger partial charge in [0.05, 0.1) is 6.07 Å². The Labute approximate surface area is 130 Å². The average molecular weight is 292 g/mol. The Balaban J connectivity index is 1.81. The van der Waals surface area contributed by atoms with E-state index < -0.39 is 0 Å². The Bertz CT molecular complexity index is 365. The van der Waals surface area contributed by atoms with Crippen LogP contribution < -0.4 is 5.32 Å². The smallest absolute Gasteiger partial charge is 0.105 e. The van der Waals surface area contributed by atoms with Gasteiger partial charge in [0, 0.05) is 44.3 Å². The zero-order valence-corrected chi connectivity index (χ0v) is 14.2. The Morgan fingerprint density at radius 2 is 1.67 bits per heavy atom. The Morgan fingerprint density at radius 3 is 2.10 bits per heavy atom. The van der Waals surface area contributed by atoms with E-state index in [4.69, 9.17) is 0 Å². The normalized spacial score (nSPS) is 26.8. The van der Waals surface area contributed by atoms with Gasteiger partial charge in [-0.05, 0) is 46.5 Å². The number of nitriles is 1. The highest BCUT2D eigenvalue weighted by Gasteiger charge is 2.35. The van der Waals surface area contributed by atoms with Crippen molar-refractivity contribution in [1.29, 1.82) is 5.26 Å². The number of nitrogens with zero attached hydrogens (tertiary/aromatic N) is 3. The molecule has 0 radical (unpaired) electrons. The van der Waals surface area contributed by atoms with Gasteiger partial charge in [-0.3, -0.25) is 15.1 Å². The highest BCUT2D eigenvalue weighted by Crippen LogP contribution is 2.25. The molecule has 120 valence electrons. The SMILES string of the molecule is CCC(C)N1CCN(C(C)CC(C)(C#N)NC2CC2)CC1. The highest BCUT2D eigenvalue weighted by atomic mass is 15.3. The second kappa shape index (κ2) is 7.09. The van der Waals surface area contributed by atoms with Crippen LogP contribution in [0.2, 0.25) is 0 Å². The van der Waals surface area contributed by atoms with Gasteiger partial charge in [0.1, 0.15) is 5.54 Å². The molecule has 1 aliphatic carbocycles. The molecule has 1 saturated heterocycles. The van der Waals surface area contributed by atoms with Gasteiger partial charge in [-0.15, -0.1) is 0 Å². The minimum atomic E-state index is -0.367. The van der Waals surface area contributed by atoms with Crippen LogP contribution in [0.3, 0.4) is 0 Å². The lowest BCUT2D eigenvalue weighted by Crippen LogP contribution is -2.54. The van der Waals surface area contributed by atoms with E-state index >= 15 is 0 Å². The molecule has 1 N–H and O–H groups in total. The Kier molecular flexibility index (Phi) is 5.65. The van der Waals surface area contributed by atoms with Gasteiger partial charge in [0.2, 0.25) is 0 Å². The summed E-state index contributed by atoms with van der Waals surface area (Å²) >= 11 is 0. The topological polar surface area (TPSA) is 42.3 Å². The van der Waals surface area contributed by atoms with E-state index in [1.54, 1.807) is 0 Å². The van der Waals surface area contributed by atoms with Crippen molar-refractivity contribution in [2.24, 2.45) is 0 Å². The van der Waals surface area contributed by atoms with E-state index in [2.05, 4.69) is 48.9 Å². The maximum Gasteiger partial charge on any atom is 0.105 e. The molecule has 1 heterocycles. The summed E-state index contributed by atoms with van der Waals surface area (Å²) in [5.41, 5.74) is -0.367. The van der Waals surface area contributed by atoms with Gasteiger partial charge in [0.15, 0.2) is 0 Å². The molecule has 0 bridgehead atoms. The van der Waals surface area contributed by atoms with Crippen LogP contribution in [0.4, 0.5) is 0 Å². The minimum absolute atomic E-state index is 0.367. The largest absolute Gasteiger partial charge is 0.298 e. The summed E-state index contributed by atoms with van der Waals surface area (Å²) in [6, 6.07) is 4.26. The van der Waals surface area contributed by atoms with Crippen molar-refractivity contribution in [1.82, 2.24) is 15.1 Å². The zero-order chi connectivity index (χ0) is 15.5. The van der Waals surface area contributed by atoms with Crippen LogP contribution in [0.5, 0.6) is 0 Å². The van der Waals surface area contributed by atoms with Gasteiger partial charge in [-0.2, -0.15) is 5.26 Å². The fraction of sp³-hybridized carbons (Fsp3) is 0.941. The van der Waals surface area contributed by atoms with E-state index in [0.717, 1.165) is 19.5 Å². The lowest BCUT2D eigenvalue weighted by atomic mass is 9.94. The van der Waals surface area contributed by atoms with Crippen LogP contribution in [0.15, 0.2) is 0 Å². The van der Waals surface area contributed by atoms with E-state index in [1.165, 1.54) is 32.4 Å². The molecule has 4 nitrogen and oxygen atoms in total. The van der Waals surface area contributed by atoms with E-state index in [-0.39, 0.29) is 5.54 Å². The molecule has 0 aromatic carbocycles. The second-order valence-corrected chi connectivity index (χ2v) is 7.24. The first-order valence-corrected chi connectivity index (χ1v) is 8.64. The highest BCUT2D eigenvalue weighted by molar-refractivity contribution is 5.08. The Hall–Kier alpha value is -0.630. The molecular formula is C17H32N4. The monoisotopic (exact) mass is 292 g/mol. The van der Waals surface area contributed by atoms with Gasteiger partial charge < -0.3 is 0 Å². The van der Waals surface area contributed by atoms with Crippen LogP contribution in [0, 0.1) is 11.3 Å². The summed E-state index contributed by atoms with van der Waals surface area (Å²) in [5.74, 6) is 0. The predicted molar refractivity (Wildman–Crippen MR) is 87.2 cm³/mol. The van der Waals surface area contributed by atoms with Gasteiger partial charge in [0.25, 0.3) is 0 Å². The van der Waals surface area contributed by atoms with Crippen molar-refractivity contribution in [2.75, 3.05) is 26.2 Å². The van der Waals surface area contributed by atoms with E-state index in [9.17, 15) is 5.26 Å². The fourth-order valence-corrected chi connectivity index (χ4v) is 3.41. The van der Waals surface area contributed by atoms with Gasteiger partial charge >= 0.3 is 0 Å². The van der Waals surface area contributed by atoms with Crippen molar-refractivity contribution in [2.45, 2.75) is 77.0 Å². The van der Waals surface area contributed by atoms with E-state index in [1.807, 2.05) is 0 Å². The summed E-state index contributed by atoms with van der Waals surface area (Å²) < 4.78 is 0. The van der Waals surface area contributed by atoms with Crippen LogP contribution in [-0.4, -0.2) is 59.6 Å². The third-order valence-corrected chi connectivity index (χ3v) is 5.24. The van der Waals surface area contributed by atoms with Crippen LogP contribution in [-0.2, 0) is 0 Å². The standard InChI is InChI=1S/C17H32N4/c1-5-14(2)20-8-10-21(11-9-20)15(3)12-17(4,13-18)19-16-6-7-16/h14-16,19H,5-12H2,1-4H3.